The molecule has 0 aliphatic carbocycles. The molecule has 0 aliphatic rings. The van der Waals surface area contributed by atoms with Crippen molar-refractivity contribution in [1.29, 1.82) is 0 Å². The van der Waals surface area contributed by atoms with E-state index in [0.29, 0.717) is 19.6 Å². The number of hydrogen-bond acceptors (Lipinski definition) is 5. The van der Waals surface area contributed by atoms with Crippen LogP contribution >= 0.6 is 0 Å². The Morgan fingerprint density at radius 2 is 2.53 bits per heavy atom. The Kier molecular flexibility index (Phi) is 4.23. The molecule has 5 nitrogen and oxygen atoms in total. The van der Waals surface area contributed by atoms with Gasteiger partial charge in [-0.2, -0.15) is 4.98 Å². The Bertz CT molecular complexity index is 364. The monoisotopic (exact) mass is 209 g/mol. The van der Waals surface area contributed by atoms with Crippen LogP contribution in [0.15, 0.2) is 10.7 Å². The fraction of sp³-hybridized carbons (Fsp3) is 0.400. The van der Waals surface area contributed by atoms with Crippen molar-refractivity contribution in [2.24, 2.45) is 0 Å². The molecule has 80 valence electrons. The van der Waals surface area contributed by atoms with Gasteiger partial charge >= 0.3 is 12.0 Å². The second-order valence-corrected chi connectivity index (χ2v) is 2.52. The van der Waals surface area contributed by atoms with E-state index >= 15 is 0 Å². The van der Waals surface area contributed by atoms with E-state index in [-0.39, 0.29) is 11.8 Å². The van der Waals surface area contributed by atoms with E-state index in [0.717, 1.165) is 0 Å². The van der Waals surface area contributed by atoms with Gasteiger partial charge in [-0.05, 0) is 6.92 Å². The maximum atomic E-state index is 11.2. The largest absolute Gasteiger partial charge is 0.461 e. The van der Waals surface area contributed by atoms with Gasteiger partial charge in [0.2, 0.25) is 0 Å². The van der Waals surface area contributed by atoms with Crippen molar-refractivity contribution in [3.05, 3.63) is 12.0 Å². The molecule has 15 heavy (non-hydrogen) atoms. The van der Waals surface area contributed by atoms with E-state index in [1.165, 1.54) is 6.26 Å². The van der Waals surface area contributed by atoms with Crippen LogP contribution in [0.2, 0.25) is 0 Å². The number of terminal acetylenes is 1. The highest BCUT2D eigenvalue weighted by Gasteiger charge is 2.13. The van der Waals surface area contributed by atoms with Gasteiger partial charge in [0.15, 0.2) is 5.69 Å². The SMILES string of the molecule is C#CCCOc1nc(C(=O)OCC)co1. The van der Waals surface area contributed by atoms with Crippen LogP contribution in [-0.2, 0) is 4.74 Å². The van der Waals surface area contributed by atoms with Crippen LogP contribution in [-0.4, -0.2) is 24.2 Å². The van der Waals surface area contributed by atoms with Gasteiger partial charge < -0.3 is 13.9 Å². The van der Waals surface area contributed by atoms with Gasteiger partial charge in [0, 0.05) is 6.42 Å². The van der Waals surface area contributed by atoms with Crippen molar-refractivity contribution in [1.82, 2.24) is 4.98 Å². The summed E-state index contributed by atoms with van der Waals surface area (Å²) in [6.45, 7) is 2.31. The summed E-state index contributed by atoms with van der Waals surface area (Å²) in [4.78, 5) is 14.9. The lowest BCUT2D eigenvalue weighted by molar-refractivity contribution is 0.0519. The average molecular weight is 209 g/mol. The van der Waals surface area contributed by atoms with Crippen LogP contribution in [0, 0.1) is 12.3 Å². The van der Waals surface area contributed by atoms with E-state index in [9.17, 15) is 4.79 Å². The Labute approximate surface area is 87.4 Å². The second kappa shape index (κ2) is 5.70. The van der Waals surface area contributed by atoms with Gasteiger partial charge in [-0.3, -0.25) is 0 Å². The fourth-order valence-electron chi connectivity index (χ4n) is 0.820. The number of aromatic nitrogens is 1. The lowest BCUT2D eigenvalue weighted by Crippen LogP contribution is -2.05. The number of carbonyl (C=O) groups excluding carboxylic acids is 1. The van der Waals surface area contributed by atoms with E-state index in [2.05, 4.69) is 10.9 Å². The molecular formula is C10H11NO4. The molecule has 0 saturated carbocycles. The summed E-state index contributed by atoms with van der Waals surface area (Å²) < 4.78 is 14.6. The molecule has 0 unspecified atom stereocenters. The summed E-state index contributed by atoms with van der Waals surface area (Å²) in [5.74, 6) is 1.87. The molecule has 0 spiro atoms. The minimum Gasteiger partial charge on any atom is -0.461 e. The van der Waals surface area contributed by atoms with Crippen molar-refractivity contribution in [3.8, 4) is 18.4 Å². The normalized spacial score (nSPS) is 9.33. The molecule has 1 rings (SSSR count). The van der Waals surface area contributed by atoms with Gasteiger partial charge in [0.05, 0.1) is 6.61 Å². The van der Waals surface area contributed by atoms with E-state index in [1.54, 1.807) is 6.92 Å². The lowest BCUT2D eigenvalue weighted by Gasteiger charge is -1.96. The Morgan fingerprint density at radius 1 is 1.73 bits per heavy atom. The van der Waals surface area contributed by atoms with Crippen LogP contribution in [0.4, 0.5) is 0 Å². The molecule has 0 fully saturated rings. The first kappa shape index (κ1) is 11.1. The van der Waals surface area contributed by atoms with Gasteiger partial charge in [-0.1, -0.05) is 0 Å². The molecule has 0 bridgehead atoms. The first-order valence-electron chi connectivity index (χ1n) is 4.46. The molecule has 1 aromatic rings. The van der Waals surface area contributed by atoms with Gasteiger partial charge in [-0.15, -0.1) is 12.3 Å². The summed E-state index contributed by atoms with van der Waals surface area (Å²) >= 11 is 0. The molecular weight excluding hydrogens is 198 g/mol. The molecule has 5 heteroatoms. The van der Waals surface area contributed by atoms with Crippen molar-refractivity contribution in [3.63, 3.8) is 0 Å². The topological polar surface area (TPSA) is 61.6 Å². The Balaban J connectivity index is 2.49. The predicted octanol–water partition coefficient (Wildman–Crippen LogP) is 1.25. The number of carbonyl (C=O) groups is 1. The summed E-state index contributed by atoms with van der Waals surface area (Å²) in [6.07, 6.45) is 6.69. The van der Waals surface area contributed by atoms with Crippen molar-refractivity contribution in [2.45, 2.75) is 13.3 Å². The predicted molar refractivity (Wildman–Crippen MR) is 51.4 cm³/mol. The third-order valence-electron chi connectivity index (χ3n) is 1.44. The molecule has 0 atom stereocenters. The molecule has 0 saturated heterocycles. The van der Waals surface area contributed by atoms with Crippen molar-refractivity contribution >= 4 is 5.97 Å². The van der Waals surface area contributed by atoms with Crippen molar-refractivity contribution in [2.75, 3.05) is 13.2 Å². The van der Waals surface area contributed by atoms with Crippen LogP contribution in [0.25, 0.3) is 0 Å². The molecule has 0 aromatic carbocycles. The minimum absolute atomic E-state index is 0.0216. The lowest BCUT2D eigenvalue weighted by atomic mass is 10.5. The number of nitrogens with zero attached hydrogens (tertiary/aromatic N) is 1. The standard InChI is InChI=1S/C10H11NO4/c1-3-5-6-14-10-11-8(7-15-10)9(12)13-4-2/h1,7H,4-6H2,2H3. The quantitative estimate of drug-likeness (QED) is 0.415. The summed E-state index contributed by atoms with van der Waals surface area (Å²) in [5.41, 5.74) is 0.0903. The molecule has 0 radical (unpaired) electrons. The summed E-state index contributed by atoms with van der Waals surface area (Å²) in [5, 5.41) is 0. The van der Waals surface area contributed by atoms with Crippen LogP contribution in [0.5, 0.6) is 6.08 Å². The zero-order valence-electron chi connectivity index (χ0n) is 8.36. The number of oxazole rings is 1. The van der Waals surface area contributed by atoms with Crippen molar-refractivity contribution < 1.29 is 18.7 Å². The molecule has 1 heterocycles. The highest BCUT2D eigenvalue weighted by Crippen LogP contribution is 2.11. The molecule has 0 N–H and O–H groups in total. The second-order valence-electron chi connectivity index (χ2n) is 2.52. The third-order valence-corrected chi connectivity index (χ3v) is 1.44. The minimum atomic E-state index is -0.534. The van der Waals surface area contributed by atoms with E-state index in [4.69, 9.17) is 20.3 Å². The highest BCUT2D eigenvalue weighted by atomic mass is 16.6. The molecule has 1 aromatic heterocycles. The van der Waals surface area contributed by atoms with Crippen LogP contribution in [0.3, 0.4) is 0 Å². The number of ether oxygens (including phenoxy) is 2. The zero-order chi connectivity index (χ0) is 11.1. The van der Waals surface area contributed by atoms with E-state index in [1.807, 2.05) is 0 Å². The number of rotatable bonds is 5. The first-order chi connectivity index (χ1) is 7.27. The Morgan fingerprint density at radius 3 is 3.20 bits per heavy atom. The molecule has 0 amide bonds. The zero-order valence-corrected chi connectivity index (χ0v) is 8.36. The third kappa shape index (κ3) is 3.35. The van der Waals surface area contributed by atoms with Crippen LogP contribution in [0.1, 0.15) is 23.8 Å². The maximum absolute atomic E-state index is 11.2. The first-order valence-corrected chi connectivity index (χ1v) is 4.46. The fourth-order valence-corrected chi connectivity index (χ4v) is 0.820. The molecule has 0 aliphatic heterocycles. The average Bonchev–Trinajstić information content (AvgIpc) is 2.67. The van der Waals surface area contributed by atoms with Crippen LogP contribution < -0.4 is 4.74 Å². The number of hydrogen-bond donors (Lipinski definition) is 0. The maximum Gasteiger partial charge on any atom is 0.394 e. The smallest absolute Gasteiger partial charge is 0.394 e. The van der Waals surface area contributed by atoms with E-state index < -0.39 is 5.97 Å². The van der Waals surface area contributed by atoms with Gasteiger partial charge in [0.1, 0.15) is 12.9 Å². The Hall–Kier alpha value is -1.96. The van der Waals surface area contributed by atoms with Gasteiger partial charge in [0.25, 0.3) is 0 Å². The number of esters is 1. The summed E-state index contributed by atoms with van der Waals surface area (Å²) in [6, 6.07) is 0. The van der Waals surface area contributed by atoms with Gasteiger partial charge in [-0.25, -0.2) is 4.79 Å². The highest BCUT2D eigenvalue weighted by molar-refractivity contribution is 5.86. The summed E-state index contributed by atoms with van der Waals surface area (Å²) in [7, 11) is 0.